The number of hydrogen-bond acceptors (Lipinski definition) is 2. The summed E-state index contributed by atoms with van der Waals surface area (Å²) in [4.78, 5) is 12.9. The van der Waals surface area contributed by atoms with Gasteiger partial charge < -0.3 is 11.1 Å². The second-order valence-electron chi connectivity index (χ2n) is 5.76. The van der Waals surface area contributed by atoms with Crippen LogP contribution in [0.25, 0.3) is 0 Å². The molecule has 0 saturated heterocycles. The molecular weight excluding hydrogens is 256 g/mol. The Balaban J connectivity index is 2.69. The van der Waals surface area contributed by atoms with Crippen LogP contribution in [0.1, 0.15) is 65.7 Å². The number of thiocarbonyl (C=S) groups is 1. The first-order chi connectivity index (χ1) is 9.00. The highest BCUT2D eigenvalue weighted by atomic mass is 32.1. The fourth-order valence-electron chi connectivity index (χ4n) is 3.15. The van der Waals surface area contributed by atoms with Gasteiger partial charge in [0.05, 0.1) is 10.4 Å². The van der Waals surface area contributed by atoms with E-state index in [1.54, 1.807) is 0 Å². The molecule has 3 N–H and O–H groups in total. The third-order valence-electron chi connectivity index (χ3n) is 4.81. The summed E-state index contributed by atoms with van der Waals surface area (Å²) in [6, 6.07) is 0.304. The van der Waals surface area contributed by atoms with Gasteiger partial charge in [-0.15, -0.1) is 0 Å². The Morgan fingerprint density at radius 1 is 1.32 bits per heavy atom. The van der Waals surface area contributed by atoms with Gasteiger partial charge in [0.2, 0.25) is 5.91 Å². The van der Waals surface area contributed by atoms with Crippen molar-refractivity contribution in [3.8, 4) is 0 Å². The van der Waals surface area contributed by atoms with E-state index in [2.05, 4.69) is 12.2 Å². The van der Waals surface area contributed by atoms with Crippen molar-refractivity contribution in [1.29, 1.82) is 0 Å². The van der Waals surface area contributed by atoms with Gasteiger partial charge in [0.25, 0.3) is 0 Å². The summed E-state index contributed by atoms with van der Waals surface area (Å²) in [5.74, 6) is 0.785. The topological polar surface area (TPSA) is 55.1 Å². The lowest BCUT2D eigenvalue weighted by Crippen LogP contribution is -2.51. The van der Waals surface area contributed by atoms with Gasteiger partial charge in [-0.2, -0.15) is 0 Å². The van der Waals surface area contributed by atoms with Crippen LogP contribution in [0.5, 0.6) is 0 Å². The van der Waals surface area contributed by atoms with Crippen molar-refractivity contribution >= 4 is 23.1 Å². The molecule has 1 rings (SSSR count). The smallest absolute Gasteiger partial charge is 0.233 e. The maximum atomic E-state index is 12.6. The first-order valence-electron chi connectivity index (χ1n) is 7.61. The molecular formula is C15H28N2OS. The van der Waals surface area contributed by atoms with Gasteiger partial charge >= 0.3 is 0 Å². The van der Waals surface area contributed by atoms with Crippen molar-refractivity contribution in [2.45, 2.75) is 71.8 Å². The molecule has 3 nitrogen and oxygen atoms in total. The van der Waals surface area contributed by atoms with E-state index in [0.29, 0.717) is 23.9 Å². The molecule has 4 heteroatoms. The molecule has 0 spiro atoms. The summed E-state index contributed by atoms with van der Waals surface area (Å²) in [7, 11) is 0. The first kappa shape index (κ1) is 16.4. The zero-order valence-electron chi connectivity index (χ0n) is 12.5. The first-order valence-corrected chi connectivity index (χ1v) is 8.01. The molecule has 110 valence electrons. The quantitative estimate of drug-likeness (QED) is 0.737. The Labute approximate surface area is 122 Å². The van der Waals surface area contributed by atoms with E-state index in [0.717, 1.165) is 18.8 Å². The maximum absolute atomic E-state index is 12.6. The van der Waals surface area contributed by atoms with Gasteiger partial charge in [-0.05, 0) is 31.6 Å². The second-order valence-corrected chi connectivity index (χ2v) is 6.20. The molecule has 0 heterocycles. The number of nitrogens with one attached hydrogen (secondary N) is 1. The molecule has 0 aliphatic heterocycles. The summed E-state index contributed by atoms with van der Waals surface area (Å²) in [6.07, 6.45) is 7.25. The van der Waals surface area contributed by atoms with E-state index in [4.69, 9.17) is 18.0 Å². The minimum atomic E-state index is -0.658. The Kier molecular flexibility index (Phi) is 6.24. The Morgan fingerprint density at radius 3 is 2.42 bits per heavy atom. The number of hydrogen-bond donors (Lipinski definition) is 2. The predicted octanol–water partition coefficient (Wildman–Crippen LogP) is 3.16. The summed E-state index contributed by atoms with van der Waals surface area (Å²) in [5.41, 5.74) is 5.16. The molecule has 0 aromatic carbocycles. The molecule has 2 atom stereocenters. The SMILES string of the molecule is CCC1CCCC(NC(=O)C(CC)(CC)C(N)=S)C1. The average molecular weight is 284 g/mol. The van der Waals surface area contributed by atoms with Gasteiger partial charge in [-0.25, -0.2) is 0 Å². The minimum Gasteiger partial charge on any atom is -0.392 e. The van der Waals surface area contributed by atoms with Crippen molar-refractivity contribution in [3.63, 3.8) is 0 Å². The van der Waals surface area contributed by atoms with Crippen LogP contribution in [0, 0.1) is 11.3 Å². The normalized spacial score (nSPS) is 23.9. The van der Waals surface area contributed by atoms with Gasteiger partial charge in [0.1, 0.15) is 0 Å². The summed E-state index contributed by atoms with van der Waals surface area (Å²) in [5, 5.41) is 3.20. The lowest BCUT2D eigenvalue weighted by Gasteiger charge is -2.34. The van der Waals surface area contributed by atoms with E-state index < -0.39 is 5.41 Å². The molecule has 0 aromatic heterocycles. The van der Waals surface area contributed by atoms with Crippen LogP contribution in [0.15, 0.2) is 0 Å². The van der Waals surface area contributed by atoms with Crippen LogP contribution in [-0.4, -0.2) is 16.9 Å². The van der Waals surface area contributed by atoms with Crippen molar-refractivity contribution < 1.29 is 4.79 Å². The predicted molar refractivity (Wildman–Crippen MR) is 84.0 cm³/mol. The molecule has 0 aromatic rings. The number of amides is 1. The van der Waals surface area contributed by atoms with Crippen molar-refractivity contribution in [1.82, 2.24) is 5.32 Å². The summed E-state index contributed by atoms with van der Waals surface area (Å²) in [6.45, 7) is 6.20. The van der Waals surface area contributed by atoms with Crippen LogP contribution in [0.2, 0.25) is 0 Å². The maximum Gasteiger partial charge on any atom is 0.233 e. The van der Waals surface area contributed by atoms with Gasteiger partial charge in [-0.1, -0.05) is 52.3 Å². The van der Waals surface area contributed by atoms with Crippen LogP contribution >= 0.6 is 12.2 Å². The molecule has 1 aliphatic carbocycles. The van der Waals surface area contributed by atoms with Crippen LogP contribution < -0.4 is 11.1 Å². The van der Waals surface area contributed by atoms with Gasteiger partial charge in [0, 0.05) is 6.04 Å². The highest BCUT2D eigenvalue weighted by molar-refractivity contribution is 7.80. The monoisotopic (exact) mass is 284 g/mol. The van der Waals surface area contributed by atoms with E-state index >= 15 is 0 Å². The van der Waals surface area contributed by atoms with E-state index in [1.807, 2.05) is 13.8 Å². The Morgan fingerprint density at radius 2 is 1.95 bits per heavy atom. The molecule has 1 amide bonds. The third-order valence-corrected chi connectivity index (χ3v) is 5.20. The molecule has 0 radical (unpaired) electrons. The van der Waals surface area contributed by atoms with Crippen LogP contribution in [-0.2, 0) is 4.79 Å². The molecule has 19 heavy (non-hydrogen) atoms. The largest absolute Gasteiger partial charge is 0.392 e. The minimum absolute atomic E-state index is 0.0340. The number of rotatable bonds is 6. The number of carbonyl (C=O) groups excluding carboxylic acids is 1. The van der Waals surface area contributed by atoms with Crippen molar-refractivity contribution in [3.05, 3.63) is 0 Å². The van der Waals surface area contributed by atoms with Crippen molar-refractivity contribution in [2.75, 3.05) is 0 Å². The number of nitrogens with two attached hydrogens (primary N) is 1. The number of carbonyl (C=O) groups is 1. The third kappa shape index (κ3) is 3.68. The van der Waals surface area contributed by atoms with E-state index in [1.165, 1.54) is 19.3 Å². The zero-order chi connectivity index (χ0) is 14.5. The summed E-state index contributed by atoms with van der Waals surface area (Å²) < 4.78 is 0. The molecule has 2 unspecified atom stereocenters. The van der Waals surface area contributed by atoms with Gasteiger partial charge in [0.15, 0.2) is 0 Å². The Bertz CT molecular complexity index is 326. The molecule has 1 saturated carbocycles. The van der Waals surface area contributed by atoms with Crippen LogP contribution in [0.4, 0.5) is 0 Å². The zero-order valence-corrected chi connectivity index (χ0v) is 13.3. The Hall–Kier alpha value is -0.640. The van der Waals surface area contributed by atoms with E-state index in [9.17, 15) is 4.79 Å². The molecule has 1 aliphatic rings. The fraction of sp³-hybridized carbons (Fsp3) is 0.867. The van der Waals surface area contributed by atoms with E-state index in [-0.39, 0.29) is 5.91 Å². The lowest BCUT2D eigenvalue weighted by molar-refractivity contribution is -0.128. The standard InChI is InChI=1S/C15H28N2OS/c1-4-11-8-7-9-12(10-11)17-14(18)15(5-2,6-3)13(16)19/h11-12H,4-10H2,1-3H3,(H2,16,19)(H,17,18). The second kappa shape index (κ2) is 7.22. The average Bonchev–Trinajstić information content (AvgIpc) is 2.40. The highest BCUT2D eigenvalue weighted by Gasteiger charge is 2.39. The van der Waals surface area contributed by atoms with Crippen molar-refractivity contribution in [2.24, 2.45) is 17.1 Å². The van der Waals surface area contributed by atoms with Crippen LogP contribution in [0.3, 0.4) is 0 Å². The molecule has 0 bridgehead atoms. The summed E-state index contributed by atoms with van der Waals surface area (Å²) >= 11 is 5.13. The highest BCUT2D eigenvalue weighted by Crippen LogP contribution is 2.30. The van der Waals surface area contributed by atoms with Gasteiger partial charge in [-0.3, -0.25) is 4.79 Å². The molecule has 1 fully saturated rings. The lowest BCUT2D eigenvalue weighted by atomic mass is 9.79. The fourth-order valence-corrected chi connectivity index (χ4v) is 3.53.